The van der Waals surface area contributed by atoms with Crippen molar-refractivity contribution in [3.8, 4) is 11.3 Å². The fraction of sp³-hybridized carbons (Fsp3) is 0.379. The number of hydrogen-bond acceptors (Lipinski definition) is 4. The monoisotopic (exact) mass is 505 g/mol. The van der Waals surface area contributed by atoms with Crippen LogP contribution < -0.4 is 5.32 Å². The number of aromatic nitrogens is 1. The van der Waals surface area contributed by atoms with Crippen molar-refractivity contribution in [2.75, 3.05) is 13.1 Å². The lowest BCUT2D eigenvalue weighted by molar-refractivity contribution is 0.0547. The third-order valence-electron chi connectivity index (χ3n) is 6.83. The molecule has 1 saturated heterocycles. The normalized spacial score (nSPS) is 16.2. The largest absolute Gasteiger partial charge is 0.443 e. The van der Waals surface area contributed by atoms with Crippen LogP contribution >= 0.6 is 11.6 Å². The highest BCUT2D eigenvalue weighted by Gasteiger charge is 2.31. The Balaban J connectivity index is 1.69. The Hall–Kier alpha value is -3.09. The third kappa shape index (κ3) is 4.56. The van der Waals surface area contributed by atoms with Crippen LogP contribution in [0.25, 0.3) is 28.2 Å². The molecule has 0 bridgehead atoms. The maximum Gasteiger partial charge on any atom is 0.419 e. The number of nitrogens with zero attached hydrogens (tertiary/aromatic N) is 2. The number of carbonyl (C=O) groups is 2. The molecular weight excluding hydrogens is 474 g/mol. The van der Waals surface area contributed by atoms with Crippen molar-refractivity contribution in [3.63, 3.8) is 0 Å². The first-order valence-electron chi connectivity index (χ1n) is 12.5. The molecule has 6 nitrogen and oxygen atoms in total. The van der Waals surface area contributed by atoms with E-state index in [-0.39, 0.29) is 5.91 Å². The van der Waals surface area contributed by atoms with Crippen molar-refractivity contribution in [2.24, 2.45) is 0 Å². The molecule has 5 rings (SSSR count). The summed E-state index contributed by atoms with van der Waals surface area (Å²) >= 11 is 6.59. The van der Waals surface area contributed by atoms with Crippen molar-refractivity contribution in [1.82, 2.24) is 14.8 Å². The van der Waals surface area contributed by atoms with Crippen LogP contribution in [0.5, 0.6) is 0 Å². The number of rotatable bonds is 4. The average Bonchev–Trinajstić information content (AvgIpc) is 3.40. The van der Waals surface area contributed by atoms with Gasteiger partial charge in [0.15, 0.2) is 0 Å². The van der Waals surface area contributed by atoms with E-state index in [1.165, 1.54) is 24.8 Å². The van der Waals surface area contributed by atoms with E-state index in [1.807, 2.05) is 39.0 Å². The number of halogens is 1. The maximum absolute atomic E-state index is 13.5. The molecule has 36 heavy (non-hydrogen) atoms. The van der Waals surface area contributed by atoms with Gasteiger partial charge < -0.3 is 10.1 Å². The summed E-state index contributed by atoms with van der Waals surface area (Å²) in [4.78, 5) is 28.9. The summed E-state index contributed by atoms with van der Waals surface area (Å²) in [5.74, 6) is -0.204. The Morgan fingerprint density at radius 3 is 2.61 bits per heavy atom. The van der Waals surface area contributed by atoms with E-state index in [9.17, 15) is 9.59 Å². The molecule has 3 heterocycles. The van der Waals surface area contributed by atoms with E-state index in [1.54, 1.807) is 10.6 Å². The molecule has 1 amide bonds. The van der Waals surface area contributed by atoms with Gasteiger partial charge in [0.2, 0.25) is 0 Å². The zero-order valence-corrected chi connectivity index (χ0v) is 21.9. The van der Waals surface area contributed by atoms with Crippen molar-refractivity contribution in [1.29, 1.82) is 0 Å². The van der Waals surface area contributed by atoms with Crippen LogP contribution in [0.15, 0.2) is 36.9 Å². The zero-order valence-electron chi connectivity index (χ0n) is 21.1. The minimum atomic E-state index is -0.676. The second kappa shape index (κ2) is 9.41. The molecule has 0 atom stereocenters. The van der Waals surface area contributed by atoms with Crippen LogP contribution in [0.3, 0.4) is 0 Å². The van der Waals surface area contributed by atoms with E-state index < -0.39 is 11.7 Å². The molecule has 0 aliphatic carbocycles. The number of fused-ring (bicyclic) bond motifs is 2. The lowest BCUT2D eigenvalue weighted by atomic mass is 9.96. The number of nitrogens with one attached hydrogen (secondary N) is 1. The van der Waals surface area contributed by atoms with Crippen LogP contribution in [-0.2, 0) is 17.8 Å². The Labute approximate surface area is 216 Å². The highest BCUT2D eigenvalue weighted by Crippen LogP contribution is 2.39. The summed E-state index contributed by atoms with van der Waals surface area (Å²) in [6.07, 6.45) is 4.95. The SMILES string of the molecule is C=Cc1cc(-c2cc3cc(CN4CCCCC4)ccc3n2C(=O)OC(C)(C)C)c2c(c1Cl)CNC2=O. The highest BCUT2D eigenvalue weighted by atomic mass is 35.5. The number of likely N-dealkylation sites (tertiary alicyclic amines) is 1. The van der Waals surface area contributed by atoms with Crippen LogP contribution in [0.2, 0.25) is 5.02 Å². The van der Waals surface area contributed by atoms with Gasteiger partial charge in [-0.3, -0.25) is 9.69 Å². The van der Waals surface area contributed by atoms with E-state index >= 15 is 0 Å². The van der Waals surface area contributed by atoms with E-state index in [2.05, 4.69) is 28.9 Å². The molecule has 2 aromatic carbocycles. The van der Waals surface area contributed by atoms with Gasteiger partial charge in [0.1, 0.15) is 5.60 Å². The van der Waals surface area contributed by atoms with Crippen LogP contribution in [0, 0.1) is 0 Å². The van der Waals surface area contributed by atoms with Crippen LogP contribution in [0.1, 0.15) is 67.1 Å². The maximum atomic E-state index is 13.5. The highest BCUT2D eigenvalue weighted by molar-refractivity contribution is 6.34. The lowest BCUT2D eigenvalue weighted by Gasteiger charge is -2.26. The first-order valence-corrected chi connectivity index (χ1v) is 12.9. The van der Waals surface area contributed by atoms with Gasteiger partial charge >= 0.3 is 6.09 Å². The van der Waals surface area contributed by atoms with Crippen molar-refractivity contribution in [3.05, 3.63) is 64.2 Å². The average molecular weight is 506 g/mol. The van der Waals surface area contributed by atoms with Crippen molar-refractivity contribution in [2.45, 2.75) is 58.7 Å². The van der Waals surface area contributed by atoms with Crippen molar-refractivity contribution < 1.29 is 14.3 Å². The molecule has 0 saturated carbocycles. The standard InChI is InChI=1S/C29H32ClN3O3/c1-5-19-14-21(25-22(26(19)30)16-31-27(25)34)24-15-20-13-18(17-32-11-7-6-8-12-32)9-10-23(20)33(24)28(35)36-29(2,3)4/h5,9-10,13-15H,1,6-8,11-12,16-17H2,2-4H3,(H,31,34). The molecule has 3 aromatic rings. The summed E-state index contributed by atoms with van der Waals surface area (Å²) < 4.78 is 7.38. The smallest absolute Gasteiger partial charge is 0.419 e. The molecular formula is C29H32ClN3O3. The molecule has 2 aliphatic heterocycles. The van der Waals surface area contributed by atoms with Gasteiger partial charge in [-0.2, -0.15) is 0 Å². The quantitative estimate of drug-likeness (QED) is 0.433. The number of carbonyl (C=O) groups excluding carboxylic acids is 2. The predicted molar refractivity (Wildman–Crippen MR) is 144 cm³/mol. The number of piperidine rings is 1. The first kappa shape index (κ1) is 24.6. The second-order valence-corrected chi connectivity index (χ2v) is 11.0. The van der Waals surface area contributed by atoms with E-state index in [0.29, 0.717) is 34.0 Å². The van der Waals surface area contributed by atoms with Crippen molar-refractivity contribution >= 4 is 40.6 Å². The van der Waals surface area contributed by atoms with Crippen LogP contribution in [-0.4, -0.2) is 40.2 Å². The number of hydrogen-bond donors (Lipinski definition) is 1. The summed E-state index contributed by atoms with van der Waals surface area (Å²) in [6.45, 7) is 12.9. The Bertz CT molecular complexity index is 1380. The lowest BCUT2D eigenvalue weighted by Crippen LogP contribution is -2.29. The summed E-state index contributed by atoms with van der Waals surface area (Å²) in [6, 6.07) is 10.0. The predicted octanol–water partition coefficient (Wildman–Crippen LogP) is 6.62. The number of benzene rings is 2. The Morgan fingerprint density at radius 1 is 1.17 bits per heavy atom. The summed E-state index contributed by atoms with van der Waals surface area (Å²) in [5.41, 5.74) is 4.43. The minimum Gasteiger partial charge on any atom is -0.443 e. The van der Waals surface area contributed by atoms with E-state index in [0.717, 1.165) is 36.1 Å². The van der Waals surface area contributed by atoms with Gasteiger partial charge in [-0.15, -0.1) is 0 Å². The van der Waals surface area contributed by atoms with Gasteiger partial charge in [0, 0.05) is 29.6 Å². The minimum absolute atomic E-state index is 0.204. The molecule has 1 aromatic heterocycles. The molecule has 1 N–H and O–H groups in total. The zero-order chi connectivity index (χ0) is 25.6. The molecule has 0 unspecified atom stereocenters. The van der Waals surface area contributed by atoms with E-state index in [4.69, 9.17) is 16.3 Å². The number of amides is 1. The molecule has 7 heteroatoms. The van der Waals surface area contributed by atoms with Gasteiger partial charge in [0.25, 0.3) is 5.91 Å². The van der Waals surface area contributed by atoms with Gasteiger partial charge in [-0.25, -0.2) is 9.36 Å². The topological polar surface area (TPSA) is 63.6 Å². The molecule has 0 radical (unpaired) electrons. The third-order valence-corrected chi connectivity index (χ3v) is 7.28. The first-order chi connectivity index (χ1) is 17.2. The van der Waals surface area contributed by atoms with Gasteiger partial charge in [-0.1, -0.05) is 36.7 Å². The Morgan fingerprint density at radius 2 is 1.92 bits per heavy atom. The molecule has 2 aliphatic rings. The summed E-state index contributed by atoms with van der Waals surface area (Å²) in [7, 11) is 0. The molecule has 1 fully saturated rings. The summed E-state index contributed by atoms with van der Waals surface area (Å²) in [5, 5.41) is 4.30. The van der Waals surface area contributed by atoms with Gasteiger partial charge in [-0.05, 0) is 82.1 Å². The van der Waals surface area contributed by atoms with Crippen LogP contribution in [0.4, 0.5) is 4.79 Å². The molecule has 188 valence electrons. The Kier molecular flexibility index (Phi) is 6.43. The fourth-order valence-electron chi connectivity index (χ4n) is 5.21. The molecule has 0 spiro atoms. The number of ether oxygens (including phenoxy) is 1. The van der Waals surface area contributed by atoms with Gasteiger partial charge in [0.05, 0.1) is 21.8 Å². The second-order valence-electron chi connectivity index (χ2n) is 10.6. The fourth-order valence-corrected chi connectivity index (χ4v) is 5.50.